The molecule has 1 saturated heterocycles. The van der Waals surface area contributed by atoms with Crippen LogP contribution in [0.4, 0.5) is 5.13 Å². The maximum absolute atomic E-state index is 12.3. The molecule has 0 unspecified atom stereocenters. The second-order valence-corrected chi connectivity index (χ2v) is 7.50. The van der Waals surface area contributed by atoms with Crippen molar-refractivity contribution in [2.24, 2.45) is 0 Å². The Balaban J connectivity index is 1.54. The number of ether oxygens (including phenoxy) is 1. The Hall–Kier alpha value is -2.29. The van der Waals surface area contributed by atoms with Crippen LogP contribution in [0.15, 0.2) is 29.6 Å². The van der Waals surface area contributed by atoms with Crippen LogP contribution in [0.5, 0.6) is 0 Å². The van der Waals surface area contributed by atoms with E-state index in [4.69, 9.17) is 4.74 Å². The highest BCUT2D eigenvalue weighted by molar-refractivity contribution is 7.14. The molecule has 1 atom stereocenters. The first kappa shape index (κ1) is 19.5. The average Bonchev–Trinajstić information content (AvgIpc) is 3.08. The molecular weight excluding hydrogens is 364 g/mol. The van der Waals surface area contributed by atoms with Gasteiger partial charge in [0, 0.05) is 38.5 Å². The largest absolute Gasteiger partial charge is 0.376 e. The third-order valence-corrected chi connectivity index (χ3v) is 4.95. The molecule has 2 amide bonds. The van der Waals surface area contributed by atoms with E-state index in [0.29, 0.717) is 17.4 Å². The lowest BCUT2D eigenvalue weighted by atomic mass is 10.1. The Bertz CT molecular complexity index is 808. The molecule has 3 rings (SSSR count). The highest BCUT2D eigenvalue weighted by Gasteiger charge is 2.17. The minimum Gasteiger partial charge on any atom is -0.376 e. The van der Waals surface area contributed by atoms with E-state index in [2.05, 4.69) is 39.6 Å². The Labute approximate surface area is 162 Å². The number of carbonyl (C=O) groups is 2. The average molecular weight is 388 g/mol. The summed E-state index contributed by atoms with van der Waals surface area (Å²) in [5.74, 6) is -0.460. The number of rotatable bonds is 6. The first-order valence-corrected chi connectivity index (χ1v) is 9.80. The quantitative estimate of drug-likeness (QED) is 0.793. The zero-order valence-electron chi connectivity index (χ0n) is 15.5. The molecule has 7 nitrogen and oxygen atoms in total. The molecule has 8 heteroatoms. The summed E-state index contributed by atoms with van der Waals surface area (Å²) in [4.78, 5) is 29.8. The molecule has 0 bridgehead atoms. The van der Waals surface area contributed by atoms with Gasteiger partial charge in [-0.25, -0.2) is 4.98 Å². The van der Waals surface area contributed by atoms with Crippen LogP contribution < -0.4 is 10.6 Å². The molecule has 2 aromatic rings. The van der Waals surface area contributed by atoms with Gasteiger partial charge in [-0.3, -0.25) is 14.5 Å². The van der Waals surface area contributed by atoms with Crippen molar-refractivity contribution >= 4 is 28.3 Å². The van der Waals surface area contributed by atoms with Crippen molar-refractivity contribution < 1.29 is 14.3 Å². The summed E-state index contributed by atoms with van der Waals surface area (Å²) in [6, 6.07) is 8.23. The summed E-state index contributed by atoms with van der Waals surface area (Å²) >= 11 is 1.23. The molecule has 1 fully saturated rings. The Morgan fingerprint density at radius 3 is 2.96 bits per heavy atom. The minimum atomic E-state index is -0.254. The van der Waals surface area contributed by atoms with Crippen LogP contribution in [0.25, 0.3) is 0 Å². The predicted octanol–water partition coefficient (Wildman–Crippen LogP) is 2.25. The standard InChI is InChI=1S/C19H24N4O3S/c1-13-10-23(6-7-26-13)11-16-5-3-4-15(8-16)9-20-18(25)17-12-27-19(22-17)21-14(2)24/h3-5,8,12-13H,6-7,9-11H2,1-2H3,(H,20,25)(H,21,22,24)/t13-/m0/s1. The second kappa shape index (κ2) is 9.07. The lowest BCUT2D eigenvalue weighted by molar-refractivity contribution is -0.114. The predicted molar refractivity (Wildman–Crippen MR) is 105 cm³/mol. The Morgan fingerprint density at radius 1 is 1.37 bits per heavy atom. The summed E-state index contributed by atoms with van der Waals surface area (Å²) in [6.07, 6.45) is 0.265. The Kier molecular flexibility index (Phi) is 6.54. The van der Waals surface area contributed by atoms with E-state index in [0.717, 1.165) is 31.8 Å². The van der Waals surface area contributed by atoms with Crippen LogP contribution in [-0.2, 0) is 22.6 Å². The number of nitrogens with zero attached hydrogens (tertiary/aromatic N) is 2. The van der Waals surface area contributed by atoms with Gasteiger partial charge in [-0.2, -0.15) is 0 Å². The van der Waals surface area contributed by atoms with E-state index in [1.54, 1.807) is 5.38 Å². The van der Waals surface area contributed by atoms with E-state index in [9.17, 15) is 9.59 Å². The number of thiazole rings is 1. The maximum Gasteiger partial charge on any atom is 0.271 e. The van der Waals surface area contributed by atoms with Crippen molar-refractivity contribution in [3.05, 3.63) is 46.5 Å². The van der Waals surface area contributed by atoms with Crippen molar-refractivity contribution in [3.63, 3.8) is 0 Å². The van der Waals surface area contributed by atoms with E-state index in [1.807, 2.05) is 12.1 Å². The summed E-state index contributed by atoms with van der Waals surface area (Å²) in [7, 11) is 0. The summed E-state index contributed by atoms with van der Waals surface area (Å²) < 4.78 is 5.58. The summed E-state index contributed by atoms with van der Waals surface area (Å²) in [5.41, 5.74) is 2.57. The fourth-order valence-corrected chi connectivity index (χ4v) is 3.73. The molecule has 0 spiro atoms. The molecule has 1 aromatic heterocycles. The van der Waals surface area contributed by atoms with Crippen molar-refractivity contribution in [1.82, 2.24) is 15.2 Å². The van der Waals surface area contributed by atoms with Gasteiger partial charge >= 0.3 is 0 Å². The number of benzene rings is 1. The third kappa shape index (κ3) is 5.85. The van der Waals surface area contributed by atoms with Crippen LogP contribution >= 0.6 is 11.3 Å². The lowest BCUT2D eigenvalue weighted by Gasteiger charge is -2.31. The molecule has 144 valence electrons. The van der Waals surface area contributed by atoms with Gasteiger partial charge in [-0.1, -0.05) is 24.3 Å². The van der Waals surface area contributed by atoms with Crippen LogP contribution in [0.3, 0.4) is 0 Å². The van der Waals surface area contributed by atoms with Gasteiger partial charge in [0.25, 0.3) is 5.91 Å². The molecular formula is C19H24N4O3S. The zero-order valence-corrected chi connectivity index (χ0v) is 16.3. The number of amides is 2. The molecule has 1 aromatic carbocycles. The van der Waals surface area contributed by atoms with E-state index >= 15 is 0 Å². The molecule has 0 radical (unpaired) electrons. The van der Waals surface area contributed by atoms with Crippen molar-refractivity contribution in [1.29, 1.82) is 0 Å². The highest BCUT2D eigenvalue weighted by Crippen LogP contribution is 2.16. The Morgan fingerprint density at radius 2 is 2.19 bits per heavy atom. The number of hydrogen-bond donors (Lipinski definition) is 2. The number of morpholine rings is 1. The minimum absolute atomic E-state index is 0.206. The molecule has 27 heavy (non-hydrogen) atoms. The zero-order chi connectivity index (χ0) is 19.2. The first-order valence-electron chi connectivity index (χ1n) is 8.92. The molecule has 1 aliphatic heterocycles. The number of carbonyl (C=O) groups excluding carboxylic acids is 2. The van der Waals surface area contributed by atoms with Gasteiger partial charge < -0.3 is 15.4 Å². The van der Waals surface area contributed by atoms with Gasteiger partial charge in [0.05, 0.1) is 12.7 Å². The van der Waals surface area contributed by atoms with Gasteiger partial charge in [0.15, 0.2) is 5.13 Å². The summed E-state index contributed by atoms with van der Waals surface area (Å²) in [5, 5.41) is 7.52. The molecule has 2 N–H and O–H groups in total. The third-order valence-electron chi connectivity index (χ3n) is 4.20. The number of nitrogens with one attached hydrogen (secondary N) is 2. The topological polar surface area (TPSA) is 83.6 Å². The van der Waals surface area contributed by atoms with Crippen LogP contribution in [0.1, 0.15) is 35.5 Å². The number of hydrogen-bond acceptors (Lipinski definition) is 6. The molecule has 1 aliphatic rings. The van der Waals surface area contributed by atoms with Gasteiger partial charge in [0.1, 0.15) is 5.69 Å². The van der Waals surface area contributed by atoms with E-state index < -0.39 is 0 Å². The van der Waals surface area contributed by atoms with E-state index in [-0.39, 0.29) is 17.9 Å². The van der Waals surface area contributed by atoms with E-state index in [1.165, 1.54) is 23.8 Å². The molecule has 0 aliphatic carbocycles. The van der Waals surface area contributed by atoms with Gasteiger partial charge in [0.2, 0.25) is 5.91 Å². The van der Waals surface area contributed by atoms with Crippen LogP contribution in [-0.4, -0.2) is 47.5 Å². The van der Waals surface area contributed by atoms with Crippen LogP contribution in [0.2, 0.25) is 0 Å². The fraction of sp³-hybridized carbons (Fsp3) is 0.421. The van der Waals surface area contributed by atoms with Gasteiger partial charge in [-0.15, -0.1) is 11.3 Å². The number of anilines is 1. The highest BCUT2D eigenvalue weighted by atomic mass is 32.1. The first-order chi connectivity index (χ1) is 13.0. The van der Waals surface area contributed by atoms with Crippen molar-refractivity contribution in [2.75, 3.05) is 25.0 Å². The molecule has 2 heterocycles. The SMILES string of the molecule is CC(=O)Nc1nc(C(=O)NCc2cccc(CN3CCO[C@@H](C)C3)c2)cs1. The normalized spacial score (nSPS) is 17.5. The second-order valence-electron chi connectivity index (χ2n) is 6.64. The van der Waals surface area contributed by atoms with Crippen molar-refractivity contribution in [3.8, 4) is 0 Å². The maximum atomic E-state index is 12.3. The summed E-state index contributed by atoms with van der Waals surface area (Å²) in [6.45, 7) is 7.44. The van der Waals surface area contributed by atoms with Gasteiger partial charge in [-0.05, 0) is 18.1 Å². The van der Waals surface area contributed by atoms with Crippen molar-refractivity contribution in [2.45, 2.75) is 33.0 Å². The number of aromatic nitrogens is 1. The lowest BCUT2D eigenvalue weighted by Crippen LogP contribution is -2.40. The molecule has 0 saturated carbocycles. The smallest absolute Gasteiger partial charge is 0.271 e. The monoisotopic (exact) mass is 388 g/mol. The van der Waals surface area contributed by atoms with Crippen LogP contribution in [0, 0.1) is 0 Å². The fourth-order valence-electron chi connectivity index (χ4n) is 2.99.